The molecule has 0 radical (unpaired) electrons. The molecule has 1 aliphatic rings. The number of ether oxygens (including phenoxy) is 1. The second-order valence-corrected chi connectivity index (χ2v) is 9.48. The van der Waals surface area contributed by atoms with Gasteiger partial charge in [0.25, 0.3) is 0 Å². The SMILES string of the molecule is Cc1ccc([C@H]2C[C@@H](CCN[C@H](C)c3cccc4ccccc34)Oc3ccccc32)cc1C(=O)O. The number of para-hydroxylation sites is 1. The second-order valence-electron chi connectivity index (χ2n) is 9.48. The van der Waals surface area contributed by atoms with Crippen molar-refractivity contribution in [3.05, 3.63) is 113 Å². The van der Waals surface area contributed by atoms with Crippen molar-refractivity contribution in [1.29, 1.82) is 0 Å². The highest BCUT2D eigenvalue weighted by molar-refractivity contribution is 5.89. The van der Waals surface area contributed by atoms with Crippen LogP contribution in [0.25, 0.3) is 10.8 Å². The average molecular weight is 466 g/mol. The van der Waals surface area contributed by atoms with E-state index in [2.05, 4.69) is 66.8 Å². The molecule has 4 nitrogen and oxygen atoms in total. The average Bonchev–Trinajstić information content (AvgIpc) is 2.88. The summed E-state index contributed by atoms with van der Waals surface area (Å²) in [5.41, 5.74) is 4.61. The summed E-state index contributed by atoms with van der Waals surface area (Å²) in [6.45, 7) is 4.89. The highest BCUT2D eigenvalue weighted by atomic mass is 16.5. The molecule has 0 aromatic heterocycles. The van der Waals surface area contributed by atoms with Crippen LogP contribution in [0, 0.1) is 6.92 Å². The van der Waals surface area contributed by atoms with Gasteiger partial charge in [0.1, 0.15) is 11.9 Å². The molecule has 0 spiro atoms. The summed E-state index contributed by atoms with van der Waals surface area (Å²) >= 11 is 0. The number of hydrogen-bond donors (Lipinski definition) is 2. The molecule has 4 aromatic carbocycles. The molecule has 0 aliphatic carbocycles. The molecular formula is C31H31NO3. The summed E-state index contributed by atoms with van der Waals surface area (Å²) < 4.78 is 6.39. The standard InChI is InChI=1S/C31H31NO3/c1-20-14-15-23(18-28(20)31(33)34)29-19-24(35-30-13-6-5-11-27(29)30)16-17-32-21(2)25-12-7-9-22-8-3-4-10-26(22)25/h3-15,18,21,24,29,32H,16-17,19H2,1-2H3,(H,33,34)/t21-,24-,29-/m1/s1. The van der Waals surface area contributed by atoms with E-state index in [0.29, 0.717) is 5.56 Å². The van der Waals surface area contributed by atoms with E-state index < -0.39 is 5.97 Å². The fourth-order valence-corrected chi connectivity index (χ4v) is 5.27. The lowest BCUT2D eigenvalue weighted by Crippen LogP contribution is -2.31. The zero-order valence-corrected chi connectivity index (χ0v) is 20.2. The Balaban J connectivity index is 1.31. The lowest BCUT2D eigenvalue weighted by molar-refractivity contribution is 0.0696. The number of rotatable bonds is 7. The minimum atomic E-state index is -0.882. The lowest BCUT2D eigenvalue weighted by Gasteiger charge is -2.33. The van der Waals surface area contributed by atoms with Gasteiger partial charge in [0.15, 0.2) is 0 Å². The fraction of sp³-hybridized carbons (Fsp3) is 0.258. The van der Waals surface area contributed by atoms with E-state index in [9.17, 15) is 9.90 Å². The number of carbonyl (C=O) groups is 1. The highest BCUT2D eigenvalue weighted by Gasteiger charge is 2.29. The zero-order chi connectivity index (χ0) is 24.4. The molecule has 3 atom stereocenters. The number of carboxylic acid groups (broad SMARTS) is 1. The van der Waals surface area contributed by atoms with E-state index in [1.807, 2.05) is 37.3 Å². The first kappa shape index (κ1) is 23.1. The maximum Gasteiger partial charge on any atom is 0.335 e. The van der Waals surface area contributed by atoms with E-state index in [4.69, 9.17) is 4.74 Å². The number of fused-ring (bicyclic) bond motifs is 2. The summed E-state index contributed by atoms with van der Waals surface area (Å²) in [5, 5.41) is 15.9. The first-order valence-corrected chi connectivity index (χ1v) is 12.3. The van der Waals surface area contributed by atoms with E-state index in [0.717, 1.165) is 41.8 Å². The van der Waals surface area contributed by atoms with Gasteiger partial charge in [-0.25, -0.2) is 4.79 Å². The van der Waals surface area contributed by atoms with Gasteiger partial charge in [-0.3, -0.25) is 0 Å². The predicted molar refractivity (Wildman–Crippen MR) is 140 cm³/mol. The van der Waals surface area contributed by atoms with Crippen LogP contribution in [0.1, 0.15) is 64.3 Å². The molecular weight excluding hydrogens is 434 g/mol. The number of aryl methyl sites for hydroxylation is 1. The molecule has 0 bridgehead atoms. The topological polar surface area (TPSA) is 58.6 Å². The van der Waals surface area contributed by atoms with E-state index in [-0.39, 0.29) is 18.1 Å². The molecule has 0 fully saturated rings. The summed E-state index contributed by atoms with van der Waals surface area (Å²) in [5.74, 6) is 0.125. The van der Waals surface area contributed by atoms with Crippen LogP contribution < -0.4 is 10.1 Å². The number of carboxylic acids is 1. The number of benzene rings is 4. The first-order chi connectivity index (χ1) is 17.0. The van der Waals surface area contributed by atoms with Crippen molar-refractivity contribution in [1.82, 2.24) is 5.32 Å². The quantitative estimate of drug-likeness (QED) is 0.313. The molecule has 4 aromatic rings. The van der Waals surface area contributed by atoms with Crippen LogP contribution in [0.2, 0.25) is 0 Å². The molecule has 0 saturated carbocycles. The summed E-state index contributed by atoms with van der Waals surface area (Å²) in [7, 11) is 0. The molecule has 1 aliphatic heterocycles. The minimum Gasteiger partial charge on any atom is -0.490 e. The van der Waals surface area contributed by atoms with E-state index in [1.165, 1.54) is 16.3 Å². The van der Waals surface area contributed by atoms with Crippen molar-refractivity contribution in [2.45, 2.75) is 44.8 Å². The Morgan fingerprint density at radius 3 is 2.66 bits per heavy atom. The van der Waals surface area contributed by atoms with Gasteiger partial charge in [-0.15, -0.1) is 0 Å². The molecule has 35 heavy (non-hydrogen) atoms. The fourth-order valence-electron chi connectivity index (χ4n) is 5.27. The predicted octanol–water partition coefficient (Wildman–Crippen LogP) is 6.87. The van der Waals surface area contributed by atoms with E-state index in [1.54, 1.807) is 0 Å². The zero-order valence-electron chi connectivity index (χ0n) is 20.2. The maximum absolute atomic E-state index is 11.7. The maximum atomic E-state index is 11.7. The molecule has 1 heterocycles. The van der Waals surface area contributed by atoms with Gasteiger partial charge in [0.05, 0.1) is 5.56 Å². The molecule has 0 saturated heterocycles. The summed E-state index contributed by atoms with van der Waals surface area (Å²) in [4.78, 5) is 11.7. The van der Waals surface area contributed by atoms with Crippen LogP contribution in [0.4, 0.5) is 0 Å². The summed E-state index contributed by atoms with van der Waals surface area (Å²) in [6, 6.07) is 29.1. The van der Waals surface area contributed by atoms with Gasteiger partial charge in [-0.2, -0.15) is 0 Å². The highest BCUT2D eigenvalue weighted by Crippen LogP contribution is 2.41. The van der Waals surface area contributed by atoms with Crippen LogP contribution in [0.3, 0.4) is 0 Å². The van der Waals surface area contributed by atoms with Crippen LogP contribution in [0.15, 0.2) is 84.9 Å². The third kappa shape index (κ3) is 4.80. The van der Waals surface area contributed by atoms with E-state index >= 15 is 0 Å². The second kappa shape index (κ2) is 9.93. The van der Waals surface area contributed by atoms with Gasteiger partial charge in [-0.1, -0.05) is 72.8 Å². The van der Waals surface area contributed by atoms with Crippen molar-refractivity contribution in [3.8, 4) is 5.75 Å². The molecule has 5 rings (SSSR count). The monoisotopic (exact) mass is 465 g/mol. The Labute approximate surface area is 206 Å². The van der Waals surface area contributed by atoms with Crippen molar-refractivity contribution < 1.29 is 14.6 Å². The number of nitrogens with one attached hydrogen (secondary N) is 1. The van der Waals surface area contributed by atoms with Gasteiger partial charge in [0.2, 0.25) is 0 Å². The van der Waals surface area contributed by atoms with Crippen LogP contribution in [0.5, 0.6) is 5.75 Å². The van der Waals surface area contributed by atoms with Crippen molar-refractivity contribution in [2.75, 3.05) is 6.54 Å². The first-order valence-electron chi connectivity index (χ1n) is 12.3. The lowest BCUT2D eigenvalue weighted by atomic mass is 9.82. The van der Waals surface area contributed by atoms with Crippen molar-refractivity contribution in [3.63, 3.8) is 0 Å². The van der Waals surface area contributed by atoms with Crippen LogP contribution >= 0.6 is 0 Å². The molecule has 4 heteroatoms. The largest absolute Gasteiger partial charge is 0.490 e. The van der Waals surface area contributed by atoms with Crippen LogP contribution in [-0.4, -0.2) is 23.7 Å². The Kier molecular flexibility index (Phi) is 6.56. The smallest absolute Gasteiger partial charge is 0.335 e. The Morgan fingerprint density at radius 2 is 1.80 bits per heavy atom. The molecule has 2 N–H and O–H groups in total. The van der Waals surface area contributed by atoms with Gasteiger partial charge in [-0.05, 0) is 72.8 Å². The molecule has 0 unspecified atom stereocenters. The van der Waals surface area contributed by atoms with Crippen LogP contribution in [-0.2, 0) is 0 Å². The third-order valence-corrected chi connectivity index (χ3v) is 7.19. The minimum absolute atomic E-state index is 0.0525. The number of aromatic carboxylic acids is 1. The van der Waals surface area contributed by atoms with Gasteiger partial charge >= 0.3 is 5.97 Å². The van der Waals surface area contributed by atoms with Crippen molar-refractivity contribution >= 4 is 16.7 Å². The summed E-state index contributed by atoms with van der Waals surface area (Å²) in [6.07, 6.45) is 1.75. The Morgan fingerprint density at radius 1 is 1.03 bits per heavy atom. The molecule has 178 valence electrons. The normalized spacial score (nSPS) is 18.0. The Bertz CT molecular complexity index is 1360. The number of hydrogen-bond acceptors (Lipinski definition) is 3. The molecule has 0 amide bonds. The van der Waals surface area contributed by atoms with Crippen molar-refractivity contribution in [2.24, 2.45) is 0 Å². The van der Waals surface area contributed by atoms with Gasteiger partial charge < -0.3 is 15.2 Å². The Hall–Kier alpha value is -3.63. The van der Waals surface area contributed by atoms with Gasteiger partial charge in [0, 0.05) is 17.5 Å². The third-order valence-electron chi connectivity index (χ3n) is 7.19.